The van der Waals surface area contributed by atoms with Crippen LogP contribution in [0.1, 0.15) is 69.4 Å². The summed E-state index contributed by atoms with van der Waals surface area (Å²) in [6.45, 7) is 5.33. The summed E-state index contributed by atoms with van der Waals surface area (Å²) in [7, 11) is 0. The van der Waals surface area contributed by atoms with E-state index in [1.165, 1.54) is 13.3 Å². The van der Waals surface area contributed by atoms with Crippen LogP contribution in [0, 0.1) is 0 Å². The van der Waals surface area contributed by atoms with Gasteiger partial charge < -0.3 is 20.8 Å². The van der Waals surface area contributed by atoms with Gasteiger partial charge in [0.2, 0.25) is 0 Å². The van der Waals surface area contributed by atoms with Gasteiger partial charge in [-0.1, -0.05) is 32.6 Å². The van der Waals surface area contributed by atoms with Gasteiger partial charge >= 0.3 is 5.97 Å². The van der Waals surface area contributed by atoms with Gasteiger partial charge in [0.1, 0.15) is 11.9 Å². The first-order valence-electron chi connectivity index (χ1n) is 7.67. The fourth-order valence-corrected chi connectivity index (χ4v) is 2.55. The first-order valence-corrected chi connectivity index (χ1v) is 7.67. The molecule has 1 amide bonds. The Hall–Kier alpha value is -1.76. The van der Waals surface area contributed by atoms with E-state index in [-0.39, 0.29) is 42.0 Å². The van der Waals surface area contributed by atoms with Crippen molar-refractivity contribution in [3.05, 3.63) is 12.0 Å². The third kappa shape index (κ3) is 6.09. The number of unbranched alkanes of at least 4 members (excludes halogenated alkanes) is 3. The van der Waals surface area contributed by atoms with Crippen molar-refractivity contribution in [3.8, 4) is 0 Å². The van der Waals surface area contributed by atoms with Crippen LogP contribution in [0.2, 0.25) is 0 Å². The lowest BCUT2D eigenvalue weighted by Gasteiger charge is -2.26. The van der Waals surface area contributed by atoms with Crippen molar-refractivity contribution in [1.29, 1.82) is 0 Å². The molecule has 0 saturated carbocycles. The van der Waals surface area contributed by atoms with E-state index < -0.39 is 5.91 Å². The number of carbonyl (C=O) groups is 2. The third-order valence-corrected chi connectivity index (χ3v) is 3.67. The summed E-state index contributed by atoms with van der Waals surface area (Å²) in [5.41, 5.74) is 11.3. The number of halogens is 1. The van der Waals surface area contributed by atoms with E-state index in [4.69, 9.17) is 16.2 Å². The number of imidazole rings is 1. The molecule has 0 spiro atoms. The average molecular weight is 347 g/mol. The summed E-state index contributed by atoms with van der Waals surface area (Å²) >= 11 is 0. The van der Waals surface area contributed by atoms with Crippen LogP contribution in [0.5, 0.6) is 0 Å². The van der Waals surface area contributed by atoms with Gasteiger partial charge in [-0.05, 0) is 13.3 Å². The van der Waals surface area contributed by atoms with Crippen LogP contribution in [0.4, 0.5) is 5.82 Å². The van der Waals surface area contributed by atoms with Gasteiger partial charge in [-0.3, -0.25) is 9.59 Å². The highest BCUT2D eigenvalue weighted by Gasteiger charge is 2.25. The zero-order valence-electron chi connectivity index (χ0n) is 13.9. The van der Waals surface area contributed by atoms with Crippen molar-refractivity contribution in [1.82, 2.24) is 9.55 Å². The van der Waals surface area contributed by atoms with E-state index in [9.17, 15) is 9.59 Å². The van der Waals surface area contributed by atoms with Crippen LogP contribution in [0.15, 0.2) is 6.33 Å². The molecule has 1 aromatic heterocycles. The minimum Gasteiger partial charge on any atom is -0.461 e. The molecule has 132 valence electrons. The molecule has 0 fully saturated rings. The normalized spacial score (nSPS) is 13.0. The number of primary amides is 1. The monoisotopic (exact) mass is 346 g/mol. The fraction of sp³-hybridized carbons (Fsp3) is 0.667. The van der Waals surface area contributed by atoms with Crippen LogP contribution in [-0.2, 0) is 9.53 Å². The second-order valence-corrected chi connectivity index (χ2v) is 5.48. The number of hydrogen-bond acceptors (Lipinski definition) is 5. The number of ether oxygens (including phenoxy) is 1. The zero-order valence-corrected chi connectivity index (χ0v) is 14.8. The van der Waals surface area contributed by atoms with E-state index in [0.29, 0.717) is 0 Å². The van der Waals surface area contributed by atoms with Gasteiger partial charge in [-0.15, -0.1) is 12.4 Å². The van der Waals surface area contributed by atoms with Gasteiger partial charge in [0.15, 0.2) is 5.69 Å². The number of carbonyl (C=O) groups excluding carboxylic acids is 2. The van der Waals surface area contributed by atoms with Gasteiger partial charge in [0.05, 0.1) is 12.4 Å². The van der Waals surface area contributed by atoms with Crippen LogP contribution in [0.25, 0.3) is 0 Å². The van der Waals surface area contributed by atoms with Crippen LogP contribution in [-0.4, -0.2) is 27.5 Å². The van der Waals surface area contributed by atoms with E-state index >= 15 is 0 Å². The number of anilines is 1. The molecule has 4 N–H and O–H groups in total. The average Bonchev–Trinajstić information content (AvgIpc) is 2.80. The maximum absolute atomic E-state index is 11.3. The molecule has 0 bridgehead atoms. The summed E-state index contributed by atoms with van der Waals surface area (Å²) in [6, 6.07) is -0.165. The third-order valence-electron chi connectivity index (χ3n) is 3.67. The Morgan fingerprint density at radius 3 is 2.48 bits per heavy atom. The van der Waals surface area contributed by atoms with Crippen molar-refractivity contribution < 1.29 is 14.3 Å². The van der Waals surface area contributed by atoms with Crippen LogP contribution in [0.3, 0.4) is 0 Å². The summed E-state index contributed by atoms with van der Waals surface area (Å²) < 4.78 is 6.97. The van der Waals surface area contributed by atoms with Crippen LogP contribution < -0.4 is 11.5 Å². The molecule has 0 aliphatic rings. The number of rotatable bonds is 9. The minimum atomic E-state index is -0.666. The second kappa shape index (κ2) is 10.1. The van der Waals surface area contributed by atoms with Crippen molar-refractivity contribution in [2.75, 3.05) is 5.73 Å². The standard InChI is InChI=1S/C15H26N4O3.ClH/c1-4-5-6-7-8-12(10(2)22-11(3)20)19-9-18-13(14(19)16)15(17)21;/h9-10,12H,4-8,16H2,1-3H3,(H2,17,21);1H. The molecule has 0 aliphatic heterocycles. The minimum absolute atomic E-state index is 0. The number of nitrogens with two attached hydrogens (primary N) is 2. The summed E-state index contributed by atoms with van der Waals surface area (Å²) in [6.07, 6.45) is 6.28. The molecular formula is C15H27ClN4O3. The molecule has 0 saturated heterocycles. The van der Waals surface area contributed by atoms with Crippen molar-refractivity contribution in [3.63, 3.8) is 0 Å². The van der Waals surface area contributed by atoms with Gasteiger partial charge in [0.25, 0.3) is 5.91 Å². The molecule has 2 atom stereocenters. The Labute approximate surface area is 143 Å². The largest absolute Gasteiger partial charge is 0.461 e. The van der Waals surface area contributed by atoms with E-state index in [1.54, 1.807) is 4.57 Å². The molecular weight excluding hydrogens is 320 g/mol. The quantitative estimate of drug-likeness (QED) is 0.526. The van der Waals surface area contributed by atoms with E-state index in [1.807, 2.05) is 6.92 Å². The van der Waals surface area contributed by atoms with Gasteiger partial charge in [-0.25, -0.2) is 4.98 Å². The molecule has 0 aromatic carbocycles. The Morgan fingerprint density at radius 2 is 2.00 bits per heavy atom. The molecule has 8 heteroatoms. The lowest BCUT2D eigenvalue weighted by Crippen LogP contribution is -2.27. The molecule has 1 rings (SSSR count). The lowest BCUT2D eigenvalue weighted by atomic mass is 10.0. The van der Waals surface area contributed by atoms with Gasteiger partial charge in [-0.2, -0.15) is 0 Å². The molecule has 2 unspecified atom stereocenters. The summed E-state index contributed by atoms with van der Waals surface area (Å²) in [5, 5.41) is 0. The number of amides is 1. The Balaban J connectivity index is 0.00000484. The zero-order chi connectivity index (χ0) is 16.7. The Kier molecular flexibility index (Phi) is 9.32. The molecule has 7 nitrogen and oxygen atoms in total. The Morgan fingerprint density at radius 1 is 1.35 bits per heavy atom. The molecule has 0 aliphatic carbocycles. The highest BCUT2D eigenvalue weighted by molar-refractivity contribution is 5.95. The second-order valence-electron chi connectivity index (χ2n) is 5.48. The number of aromatic nitrogens is 2. The van der Waals surface area contributed by atoms with E-state index in [2.05, 4.69) is 11.9 Å². The topological polar surface area (TPSA) is 113 Å². The maximum Gasteiger partial charge on any atom is 0.302 e. The molecule has 23 heavy (non-hydrogen) atoms. The van der Waals surface area contributed by atoms with Crippen molar-refractivity contribution in [2.24, 2.45) is 5.73 Å². The first kappa shape index (κ1) is 21.2. The maximum atomic E-state index is 11.3. The SMILES string of the molecule is CCCCCCC(C(C)OC(C)=O)n1cnc(C(N)=O)c1N.Cl. The Bertz CT molecular complexity index is 519. The predicted molar refractivity (Wildman–Crippen MR) is 91.4 cm³/mol. The van der Waals surface area contributed by atoms with Gasteiger partial charge in [0, 0.05) is 6.92 Å². The number of nitrogens with zero attached hydrogens (tertiary/aromatic N) is 2. The molecule has 1 aromatic rings. The lowest BCUT2D eigenvalue weighted by molar-refractivity contribution is -0.147. The van der Waals surface area contributed by atoms with Crippen molar-refractivity contribution in [2.45, 2.75) is 65.0 Å². The highest BCUT2D eigenvalue weighted by Crippen LogP contribution is 2.26. The number of nitrogen functional groups attached to an aromatic ring is 1. The predicted octanol–water partition coefficient (Wildman–Crippen LogP) is 2.45. The fourth-order valence-electron chi connectivity index (χ4n) is 2.55. The van der Waals surface area contributed by atoms with Crippen molar-refractivity contribution >= 4 is 30.1 Å². The van der Waals surface area contributed by atoms with E-state index in [0.717, 1.165) is 32.1 Å². The molecule has 1 heterocycles. The first-order chi connectivity index (χ1) is 10.4. The number of esters is 1. The highest BCUT2D eigenvalue weighted by atomic mass is 35.5. The summed E-state index contributed by atoms with van der Waals surface area (Å²) in [4.78, 5) is 26.5. The summed E-state index contributed by atoms with van der Waals surface area (Å²) in [5.74, 6) is -0.798. The van der Waals surface area contributed by atoms with Crippen LogP contribution >= 0.6 is 12.4 Å². The number of hydrogen-bond donors (Lipinski definition) is 2. The smallest absolute Gasteiger partial charge is 0.302 e. The molecule has 0 radical (unpaired) electrons.